The summed E-state index contributed by atoms with van der Waals surface area (Å²) in [5, 5.41) is 10.8. The molecule has 0 aliphatic rings. The first kappa shape index (κ1) is 22.4. The van der Waals surface area contributed by atoms with E-state index in [-0.39, 0.29) is 35.2 Å². The molecular weight excluding hydrogens is 444 g/mol. The lowest BCUT2D eigenvalue weighted by atomic mass is 9.84. The number of guanidine groups is 1. The average molecular weight is 473 g/mol. The molecule has 2 N–H and O–H groups in total. The van der Waals surface area contributed by atoms with E-state index in [2.05, 4.69) is 20.7 Å². The highest BCUT2D eigenvalue weighted by Gasteiger charge is 2.23. The molecule has 0 aliphatic carbocycles. The number of nitrogens with one attached hydrogen (secondary N) is 2. The van der Waals surface area contributed by atoms with Crippen molar-refractivity contribution in [1.82, 2.24) is 20.4 Å². The van der Waals surface area contributed by atoms with Gasteiger partial charge in [-0.15, -0.1) is 24.0 Å². The molecule has 0 amide bonds. The SMILES string of the molecule is CCNC(=NCC(C)(C)c1ccccc1F)NCCCn1cccn1.I. The second-order valence-corrected chi connectivity index (χ2v) is 6.61. The zero-order valence-corrected chi connectivity index (χ0v) is 18.0. The molecule has 1 aromatic heterocycles. The van der Waals surface area contributed by atoms with E-state index in [0.29, 0.717) is 12.1 Å². The smallest absolute Gasteiger partial charge is 0.191 e. The van der Waals surface area contributed by atoms with Crippen molar-refractivity contribution in [3.8, 4) is 0 Å². The van der Waals surface area contributed by atoms with Crippen LogP contribution in [0.5, 0.6) is 0 Å². The van der Waals surface area contributed by atoms with Crippen LogP contribution in [0.15, 0.2) is 47.7 Å². The van der Waals surface area contributed by atoms with Crippen LogP contribution >= 0.6 is 24.0 Å². The number of aryl methyl sites for hydroxylation is 1. The normalized spacial score (nSPS) is 11.8. The first-order valence-corrected chi connectivity index (χ1v) is 8.77. The highest BCUT2D eigenvalue weighted by Crippen LogP contribution is 2.25. The molecule has 0 spiro atoms. The van der Waals surface area contributed by atoms with Crippen LogP contribution in [0.4, 0.5) is 4.39 Å². The zero-order chi connectivity index (χ0) is 18.1. The van der Waals surface area contributed by atoms with E-state index < -0.39 is 0 Å². The van der Waals surface area contributed by atoms with E-state index in [1.807, 2.05) is 49.8 Å². The Labute approximate surface area is 172 Å². The minimum absolute atomic E-state index is 0. The Morgan fingerprint density at radius 2 is 2.00 bits per heavy atom. The third-order valence-electron chi connectivity index (χ3n) is 4.00. The van der Waals surface area contributed by atoms with Gasteiger partial charge in [0.05, 0.1) is 6.54 Å². The summed E-state index contributed by atoms with van der Waals surface area (Å²) >= 11 is 0. The Morgan fingerprint density at radius 1 is 1.23 bits per heavy atom. The minimum Gasteiger partial charge on any atom is -0.357 e. The number of aromatic nitrogens is 2. The van der Waals surface area contributed by atoms with E-state index in [1.54, 1.807) is 12.3 Å². The van der Waals surface area contributed by atoms with Crippen molar-refractivity contribution < 1.29 is 4.39 Å². The maximum absolute atomic E-state index is 14.1. The largest absolute Gasteiger partial charge is 0.357 e. The molecule has 2 rings (SSSR count). The van der Waals surface area contributed by atoms with E-state index in [1.165, 1.54) is 6.07 Å². The van der Waals surface area contributed by atoms with Gasteiger partial charge in [0, 0.05) is 37.4 Å². The Morgan fingerprint density at radius 3 is 2.65 bits per heavy atom. The third-order valence-corrected chi connectivity index (χ3v) is 4.00. The highest BCUT2D eigenvalue weighted by atomic mass is 127. The Balaban J connectivity index is 0.00000338. The molecule has 0 saturated carbocycles. The quantitative estimate of drug-likeness (QED) is 0.267. The molecule has 0 bridgehead atoms. The van der Waals surface area contributed by atoms with E-state index >= 15 is 0 Å². The minimum atomic E-state index is -0.372. The number of nitrogens with zero attached hydrogens (tertiary/aromatic N) is 3. The topological polar surface area (TPSA) is 54.2 Å². The summed E-state index contributed by atoms with van der Waals surface area (Å²) in [4.78, 5) is 4.64. The van der Waals surface area contributed by atoms with Crippen molar-refractivity contribution in [3.05, 3.63) is 54.1 Å². The lowest BCUT2D eigenvalue weighted by molar-refractivity contribution is 0.492. The van der Waals surface area contributed by atoms with E-state index in [0.717, 1.165) is 32.0 Å². The lowest BCUT2D eigenvalue weighted by Crippen LogP contribution is -2.39. The van der Waals surface area contributed by atoms with Crippen LogP contribution in [0, 0.1) is 5.82 Å². The summed E-state index contributed by atoms with van der Waals surface area (Å²) in [6.07, 6.45) is 4.68. The van der Waals surface area contributed by atoms with Gasteiger partial charge in [-0.3, -0.25) is 9.67 Å². The fourth-order valence-electron chi connectivity index (χ4n) is 2.59. The number of benzene rings is 1. The average Bonchev–Trinajstić information content (AvgIpc) is 3.10. The number of hydrogen-bond donors (Lipinski definition) is 2. The molecule has 0 radical (unpaired) electrons. The molecular formula is C19H29FIN5. The molecule has 5 nitrogen and oxygen atoms in total. The van der Waals surface area contributed by atoms with Gasteiger partial charge in [0.25, 0.3) is 0 Å². The van der Waals surface area contributed by atoms with Gasteiger partial charge in [-0.25, -0.2) is 4.39 Å². The van der Waals surface area contributed by atoms with Crippen molar-refractivity contribution in [2.45, 2.75) is 39.2 Å². The van der Waals surface area contributed by atoms with Gasteiger partial charge >= 0.3 is 0 Å². The van der Waals surface area contributed by atoms with Crippen molar-refractivity contribution in [2.75, 3.05) is 19.6 Å². The highest BCUT2D eigenvalue weighted by molar-refractivity contribution is 14.0. The first-order valence-electron chi connectivity index (χ1n) is 8.77. The van der Waals surface area contributed by atoms with Gasteiger partial charge in [-0.05, 0) is 31.0 Å². The van der Waals surface area contributed by atoms with Crippen molar-refractivity contribution >= 4 is 29.9 Å². The Hall–Kier alpha value is -1.64. The summed E-state index contributed by atoms with van der Waals surface area (Å²) in [5.74, 6) is 0.576. The number of aliphatic imine (C=N–C) groups is 1. The number of hydrogen-bond acceptors (Lipinski definition) is 2. The molecule has 7 heteroatoms. The summed E-state index contributed by atoms with van der Waals surface area (Å²) in [7, 11) is 0. The fourth-order valence-corrected chi connectivity index (χ4v) is 2.59. The van der Waals surface area contributed by atoms with Gasteiger partial charge in [-0.1, -0.05) is 32.0 Å². The molecule has 0 fully saturated rings. The molecule has 0 aliphatic heterocycles. The summed E-state index contributed by atoms with van der Waals surface area (Å²) in [6.45, 7) is 8.99. The predicted octanol–water partition coefficient (Wildman–Crippen LogP) is 3.56. The van der Waals surface area contributed by atoms with Crippen molar-refractivity contribution in [3.63, 3.8) is 0 Å². The van der Waals surface area contributed by atoms with Crippen LogP contribution < -0.4 is 10.6 Å². The molecule has 0 unspecified atom stereocenters. The molecule has 1 aromatic carbocycles. The van der Waals surface area contributed by atoms with Gasteiger partial charge < -0.3 is 10.6 Å². The zero-order valence-electron chi connectivity index (χ0n) is 15.7. The summed E-state index contributed by atoms with van der Waals surface area (Å²) in [5.41, 5.74) is 0.316. The number of halogens is 2. The Bertz CT molecular complexity index is 670. The van der Waals surface area contributed by atoms with Gasteiger partial charge in [0.2, 0.25) is 0 Å². The second-order valence-electron chi connectivity index (χ2n) is 6.61. The van der Waals surface area contributed by atoms with Crippen LogP contribution in [-0.2, 0) is 12.0 Å². The van der Waals surface area contributed by atoms with Gasteiger partial charge in [-0.2, -0.15) is 5.10 Å². The molecule has 144 valence electrons. The monoisotopic (exact) mass is 473 g/mol. The van der Waals surface area contributed by atoms with E-state index in [9.17, 15) is 4.39 Å². The number of rotatable bonds is 8. The third kappa shape index (κ3) is 6.93. The van der Waals surface area contributed by atoms with Crippen LogP contribution in [0.25, 0.3) is 0 Å². The molecule has 1 heterocycles. The molecule has 2 aromatic rings. The van der Waals surface area contributed by atoms with Crippen LogP contribution in [-0.4, -0.2) is 35.4 Å². The maximum atomic E-state index is 14.1. The first-order chi connectivity index (χ1) is 12.0. The fraction of sp³-hybridized carbons (Fsp3) is 0.474. The standard InChI is InChI=1S/C19H28FN5.HI/c1-4-21-18(22-11-7-13-25-14-8-12-24-25)23-15-19(2,3)16-9-5-6-10-17(16)20;/h5-6,8-10,12,14H,4,7,11,13,15H2,1-3H3,(H2,21,22,23);1H. The van der Waals surface area contributed by atoms with Gasteiger partial charge in [0.1, 0.15) is 5.82 Å². The van der Waals surface area contributed by atoms with Crippen LogP contribution in [0.3, 0.4) is 0 Å². The molecule has 0 atom stereocenters. The van der Waals surface area contributed by atoms with Crippen LogP contribution in [0.2, 0.25) is 0 Å². The van der Waals surface area contributed by atoms with E-state index in [4.69, 9.17) is 0 Å². The van der Waals surface area contributed by atoms with Crippen molar-refractivity contribution in [1.29, 1.82) is 0 Å². The van der Waals surface area contributed by atoms with Crippen LogP contribution in [0.1, 0.15) is 32.8 Å². The van der Waals surface area contributed by atoms with Gasteiger partial charge in [0.15, 0.2) is 5.96 Å². The van der Waals surface area contributed by atoms with Crippen molar-refractivity contribution in [2.24, 2.45) is 4.99 Å². The second kappa shape index (κ2) is 11.2. The maximum Gasteiger partial charge on any atom is 0.191 e. The molecule has 26 heavy (non-hydrogen) atoms. The Kier molecular flexibility index (Phi) is 9.61. The summed E-state index contributed by atoms with van der Waals surface area (Å²) < 4.78 is 16.0. The predicted molar refractivity (Wildman–Crippen MR) is 116 cm³/mol. The summed E-state index contributed by atoms with van der Waals surface area (Å²) in [6, 6.07) is 8.82. The molecule has 0 saturated heterocycles. The lowest BCUT2D eigenvalue weighted by Gasteiger charge is -2.24.